The molecular weight excluding hydrogens is 538 g/mol. The molecule has 0 spiro atoms. The Labute approximate surface area is 246 Å². The molecule has 208 valence electrons. The van der Waals surface area contributed by atoms with Gasteiger partial charge in [-0.05, 0) is 86.5 Å². The van der Waals surface area contributed by atoms with Gasteiger partial charge in [-0.3, -0.25) is 9.59 Å². The normalized spacial score (nSPS) is 16.8. The quantitative estimate of drug-likeness (QED) is 0.214. The lowest BCUT2D eigenvalue weighted by atomic mass is 9.94. The van der Waals surface area contributed by atoms with E-state index in [-0.39, 0.29) is 11.8 Å². The van der Waals surface area contributed by atoms with Crippen molar-refractivity contribution in [3.8, 4) is 0 Å². The van der Waals surface area contributed by atoms with Crippen molar-refractivity contribution in [2.45, 2.75) is 56.0 Å². The third-order valence-corrected chi connectivity index (χ3v) is 9.02. The van der Waals surface area contributed by atoms with Crippen LogP contribution in [-0.2, 0) is 11.3 Å². The molecule has 1 fully saturated rings. The molecule has 1 aliphatic heterocycles. The fourth-order valence-electron chi connectivity index (χ4n) is 5.46. The number of nitrogens with zero attached hydrogens (tertiary/aromatic N) is 2. The van der Waals surface area contributed by atoms with Crippen LogP contribution in [0.15, 0.2) is 82.6 Å². The molecular formula is C33H36ClN3O2S. The lowest BCUT2D eigenvalue weighted by molar-refractivity contribution is -0.114. The maximum Gasteiger partial charge on any atom is 0.265 e. The molecule has 40 heavy (non-hydrogen) atoms. The summed E-state index contributed by atoms with van der Waals surface area (Å²) in [6.07, 6.45) is 9.46. The van der Waals surface area contributed by atoms with Gasteiger partial charge in [0.05, 0.1) is 17.1 Å². The predicted molar refractivity (Wildman–Crippen MR) is 166 cm³/mol. The lowest BCUT2D eigenvalue weighted by Gasteiger charge is -2.31. The Hall–Kier alpha value is -3.06. The zero-order valence-electron chi connectivity index (χ0n) is 22.9. The maximum absolute atomic E-state index is 13.6. The van der Waals surface area contributed by atoms with Gasteiger partial charge in [0.25, 0.3) is 11.8 Å². The molecule has 0 radical (unpaired) electrons. The molecule has 3 aromatic rings. The number of nitrogens with one attached hydrogen (secondary N) is 1. The fraction of sp³-hybridized carbons (Fsp3) is 0.333. The van der Waals surface area contributed by atoms with E-state index in [0.29, 0.717) is 34.6 Å². The molecule has 7 heteroatoms. The number of para-hydroxylation sites is 1. The second-order valence-corrected chi connectivity index (χ2v) is 12.1. The van der Waals surface area contributed by atoms with Gasteiger partial charge in [-0.1, -0.05) is 79.0 Å². The number of carbonyl (C=O) groups is 2. The Kier molecular flexibility index (Phi) is 9.63. The molecule has 5 rings (SSSR count). The molecule has 1 N–H and O–H groups in total. The Morgan fingerprint density at radius 3 is 2.60 bits per heavy atom. The average molecular weight is 574 g/mol. The van der Waals surface area contributed by atoms with E-state index in [1.807, 2.05) is 78.9 Å². The minimum absolute atomic E-state index is 0.0521. The number of benzene rings is 3. The van der Waals surface area contributed by atoms with E-state index in [0.717, 1.165) is 34.7 Å². The largest absolute Gasteiger partial charge is 0.352 e. The second kappa shape index (κ2) is 13.5. The lowest BCUT2D eigenvalue weighted by Crippen LogP contribution is -2.35. The second-order valence-electron chi connectivity index (χ2n) is 10.6. The average Bonchev–Trinajstić information content (AvgIpc) is 2.98. The monoisotopic (exact) mass is 573 g/mol. The summed E-state index contributed by atoms with van der Waals surface area (Å²) in [7, 11) is 2.20. The number of halogens is 1. The summed E-state index contributed by atoms with van der Waals surface area (Å²) >= 11 is 7.67. The maximum atomic E-state index is 13.6. The van der Waals surface area contributed by atoms with Gasteiger partial charge < -0.3 is 15.1 Å². The minimum Gasteiger partial charge on any atom is -0.352 e. The number of hydrogen-bond donors (Lipinski definition) is 1. The van der Waals surface area contributed by atoms with Gasteiger partial charge in [0, 0.05) is 28.1 Å². The van der Waals surface area contributed by atoms with E-state index in [9.17, 15) is 9.59 Å². The first kappa shape index (κ1) is 28.5. The molecule has 3 aromatic carbocycles. The Morgan fingerprint density at radius 1 is 1.05 bits per heavy atom. The third-order valence-electron chi connectivity index (χ3n) is 7.70. The van der Waals surface area contributed by atoms with Crippen LogP contribution in [0.25, 0.3) is 6.08 Å². The summed E-state index contributed by atoms with van der Waals surface area (Å²) < 4.78 is 0. The van der Waals surface area contributed by atoms with Crippen LogP contribution in [-0.4, -0.2) is 42.9 Å². The first-order chi connectivity index (χ1) is 19.5. The van der Waals surface area contributed by atoms with Crippen LogP contribution in [0.2, 0.25) is 5.02 Å². The molecule has 0 saturated heterocycles. The van der Waals surface area contributed by atoms with Crippen molar-refractivity contribution in [2.24, 2.45) is 0 Å². The Morgan fingerprint density at radius 2 is 1.82 bits per heavy atom. The molecule has 2 aliphatic rings. The van der Waals surface area contributed by atoms with Gasteiger partial charge in [0.1, 0.15) is 0 Å². The van der Waals surface area contributed by atoms with E-state index in [1.54, 1.807) is 4.90 Å². The molecule has 5 nitrogen and oxygen atoms in total. The zero-order valence-corrected chi connectivity index (χ0v) is 24.5. The highest BCUT2D eigenvalue weighted by atomic mass is 35.5. The number of thioether (sulfide) groups is 1. The van der Waals surface area contributed by atoms with Crippen LogP contribution in [0.4, 0.5) is 5.69 Å². The molecule has 0 unspecified atom stereocenters. The van der Waals surface area contributed by atoms with Crippen LogP contribution in [0.1, 0.15) is 60.0 Å². The first-order valence-electron chi connectivity index (χ1n) is 14.1. The molecule has 0 bridgehead atoms. The Bertz CT molecular complexity index is 1370. The van der Waals surface area contributed by atoms with Crippen LogP contribution < -0.4 is 10.2 Å². The first-order valence-corrected chi connectivity index (χ1v) is 15.3. The molecule has 1 heterocycles. The van der Waals surface area contributed by atoms with Crippen molar-refractivity contribution >= 4 is 46.9 Å². The number of amides is 2. The van der Waals surface area contributed by atoms with Crippen LogP contribution in [0.3, 0.4) is 0 Å². The molecule has 0 aromatic heterocycles. The number of anilines is 1. The summed E-state index contributed by atoms with van der Waals surface area (Å²) in [5.74, 6) is -0.118. The number of carbonyl (C=O) groups excluding carboxylic acids is 2. The van der Waals surface area contributed by atoms with E-state index in [2.05, 4.69) is 17.3 Å². The minimum atomic E-state index is -0.0655. The standard InChI is InChI=1S/C33H36ClN3O2S/c1-36(28-11-3-2-4-12-28)20-8-19-35-32(38)26-17-15-24(16-18-26)22-31-33(39)37(23-25-9-7-10-27(34)21-25)29-13-5-6-14-30(29)40-31/h5-7,9-10,13-18,21-22,28H,2-4,8,11-12,19-20,23H2,1H3,(H,35,38)/b31-22+. The number of hydrogen-bond acceptors (Lipinski definition) is 4. The number of fused-ring (bicyclic) bond motifs is 1. The highest BCUT2D eigenvalue weighted by molar-refractivity contribution is 8.04. The van der Waals surface area contributed by atoms with E-state index in [4.69, 9.17) is 11.6 Å². The highest BCUT2D eigenvalue weighted by Gasteiger charge is 2.29. The van der Waals surface area contributed by atoms with Crippen molar-refractivity contribution in [2.75, 3.05) is 25.0 Å². The predicted octanol–water partition coefficient (Wildman–Crippen LogP) is 7.40. The SMILES string of the molecule is CN(CCCNC(=O)c1ccc(/C=C2/Sc3ccccc3N(Cc3cccc(Cl)c3)C2=O)cc1)C1CCCCC1. The van der Waals surface area contributed by atoms with Crippen molar-refractivity contribution in [3.05, 3.63) is 99.4 Å². The molecule has 1 aliphatic carbocycles. The molecule has 1 saturated carbocycles. The zero-order chi connectivity index (χ0) is 27.9. The topological polar surface area (TPSA) is 52.7 Å². The van der Waals surface area contributed by atoms with Crippen LogP contribution in [0, 0.1) is 0 Å². The Balaban J connectivity index is 1.21. The molecule has 0 atom stereocenters. The molecule has 2 amide bonds. The van der Waals surface area contributed by atoms with Crippen molar-refractivity contribution in [1.29, 1.82) is 0 Å². The highest BCUT2D eigenvalue weighted by Crippen LogP contribution is 2.42. The van der Waals surface area contributed by atoms with E-state index >= 15 is 0 Å². The van der Waals surface area contributed by atoms with Gasteiger partial charge >= 0.3 is 0 Å². The summed E-state index contributed by atoms with van der Waals surface area (Å²) in [4.78, 5) is 32.2. The van der Waals surface area contributed by atoms with Crippen LogP contribution >= 0.6 is 23.4 Å². The summed E-state index contributed by atoms with van der Waals surface area (Å²) in [5, 5.41) is 3.70. The van der Waals surface area contributed by atoms with Gasteiger partial charge in [0.2, 0.25) is 0 Å². The van der Waals surface area contributed by atoms with E-state index < -0.39 is 0 Å². The third kappa shape index (κ3) is 7.17. The van der Waals surface area contributed by atoms with Crippen molar-refractivity contribution < 1.29 is 9.59 Å². The van der Waals surface area contributed by atoms with Crippen molar-refractivity contribution in [3.63, 3.8) is 0 Å². The summed E-state index contributed by atoms with van der Waals surface area (Å²) in [6.45, 7) is 2.10. The number of rotatable bonds is 9. The summed E-state index contributed by atoms with van der Waals surface area (Å²) in [5.41, 5.74) is 3.37. The van der Waals surface area contributed by atoms with Crippen molar-refractivity contribution in [1.82, 2.24) is 10.2 Å². The van der Waals surface area contributed by atoms with E-state index in [1.165, 1.54) is 43.9 Å². The van der Waals surface area contributed by atoms with Gasteiger partial charge in [0.15, 0.2) is 0 Å². The van der Waals surface area contributed by atoms with Crippen LogP contribution in [0.5, 0.6) is 0 Å². The summed E-state index contributed by atoms with van der Waals surface area (Å²) in [6, 6.07) is 23.7. The van der Waals surface area contributed by atoms with Gasteiger partial charge in [-0.2, -0.15) is 0 Å². The fourth-order valence-corrected chi connectivity index (χ4v) is 6.73. The van der Waals surface area contributed by atoms with Gasteiger partial charge in [-0.25, -0.2) is 0 Å². The smallest absolute Gasteiger partial charge is 0.265 e. The van der Waals surface area contributed by atoms with Gasteiger partial charge in [-0.15, -0.1) is 0 Å².